The molecule has 0 saturated carbocycles. The number of nitrogens with one attached hydrogen (secondary N) is 1. The molecule has 212 valence electrons. The Balaban J connectivity index is 1.40. The van der Waals surface area contributed by atoms with E-state index in [1.54, 1.807) is 55.1 Å². The van der Waals surface area contributed by atoms with Gasteiger partial charge in [-0.15, -0.1) is 0 Å². The van der Waals surface area contributed by atoms with E-state index in [2.05, 4.69) is 5.32 Å². The molecule has 1 saturated heterocycles. The lowest BCUT2D eigenvalue weighted by Crippen LogP contribution is -2.51. The highest BCUT2D eigenvalue weighted by Gasteiger charge is 2.42. The number of nitriles is 1. The molecule has 7 nitrogen and oxygen atoms in total. The van der Waals surface area contributed by atoms with Crippen LogP contribution >= 0.6 is 0 Å². The van der Waals surface area contributed by atoms with Crippen molar-refractivity contribution in [3.63, 3.8) is 0 Å². The van der Waals surface area contributed by atoms with E-state index in [4.69, 9.17) is 10.00 Å². The minimum atomic E-state index is -1.07. The molecule has 3 aromatic rings. The van der Waals surface area contributed by atoms with Crippen molar-refractivity contribution >= 4 is 17.8 Å². The van der Waals surface area contributed by atoms with Crippen LogP contribution < -0.4 is 5.32 Å². The van der Waals surface area contributed by atoms with Gasteiger partial charge in [-0.3, -0.25) is 14.4 Å². The second kappa shape index (κ2) is 13.2. The van der Waals surface area contributed by atoms with E-state index in [-0.39, 0.29) is 24.4 Å². The maximum atomic E-state index is 13.9. The highest BCUT2D eigenvalue weighted by atomic mass is 19.1. The maximum absolute atomic E-state index is 13.9. The zero-order valence-corrected chi connectivity index (χ0v) is 23.3. The lowest BCUT2D eigenvalue weighted by molar-refractivity contribution is -0.147. The number of hydrogen-bond acceptors (Lipinski definition) is 5. The number of esters is 1. The third-order valence-corrected chi connectivity index (χ3v) is 7.63. The zero-order chi connectivity index (χ0) is 29.4. The Morgan fingerprint density at radius 2 is 1.63 bits per heavy atom. The van der Waals surface area contributed by atoms with E-state index in [1.165, 1.54) is 12.1 Å². The molecule has 0 aromatic heterocycles. The first-order valence-corrected chi connectivity index (χ1v) is 13.7. The molecule has 0 radical (unpaired) electrons. The molecule has 1 aliphatic rings. The number of piperidine rings is 1. The van der Waals surface area contributed by atoms with E-state index in [9.17, 15) is 18.8 Å². The summed E-state index contributed by atoms with van der Waals surface area (Å²) in [6.45, 7) is 4.76. The predicted molar refractivity (Wildman–Crippen MR) is 152 cm³/mol. The first kappa shape index (κ1) is 29.5. The molecule has 2 amide bonds. The van der Waals surface area contributed by atoms with Gasteiger partial charge in [-0.25, -0.2) is 4.39 Å². The van der Waals surface area contributed by atoms with Gasteiger partial charge in [-0.1, -0.05) is 42.5 Å². The smallest absolute Gasteiger partial charge is 0.306 e. The van der Waals surface area contributed by atoms with E-state index < -0.39 is 23.2 Å². The van der Waals surface area contributed by atoms with Gasteiger partial charge in [0.2, 0.25) is 5.91 Å². The number of rotatable bonds is 9. The average molecular weight is 556 g/mol. The first-order valence-electron chi connectivity index (χ1n) is 13.7. The maximum Gasteiger partial charge on any atom is 0.306 e. The van der Waals surface area contributed by atoms with Crippen molar-refractivity contribution in [1.82, 2.24) is 10.2 Å². The van der Waals surface area contributed by atoms with E-state index in [0.717, 1.165) is 5.56 Å². The summed E-state index contributed by atoms with van der Waals surface area (Å²) in [6.07, 6.45) is 1.64. The number of hydrogen-bond donors (Lipinski definition) is 1. The third kappa shape index (κ3) is 7.57. The van der Waals surface area contributed by atoms with Gasteiger partial charge in [0.15, 0.2) is 0 Å². The number of halogens is 1. The zero-order valence-electron chi connectivity index (χ0n) is 23.3. The standard InChI is InChI=1S/C33H34FN3O4/c1-33(2,30(26-12-14-28(34)15-13-26)36-31(39)27-10-8-24(21-35)9-11-27)32(40)37-18-16-23(17-19-37)20-29(38)41-22-25-6-4-3-5-7-25/h3-15,23,30H,16-20,22H2,1-2H3,(H,36,39). The normalized spacial score (nSPS) is 14.5. The fraction of sp³-hybridized carbons (Fsp3) is 0.333. The van der Waals surface area contributed by atoms with Crippen LogP contribution in [0, 0.1) is 28.5 Å². The summed E-state index contributed by atoms with van der Waals surface area (Å²) in [6, 6.07) is 22.8. The Kier molecular flexibility index (Phi) is 9.51. The second-order valence-corrected chi connectivity index (χ2v) is 11.0. The number of amides is 2. The van der Waals surface area contributed by atoms with Gasteiger partial charge in [0.05, 0.1) is 23.1 Å². The van der Waals surface area contributed by atoms with Crippen molar-refractivity contribution in [3.05, 3.63) is 107 Å². The molecule has 1 N–H and O–H groups in total. The number of nitrogens with zero attached hydrogens (tertiary/aromatic N) is 2. The van der Waals surface area contributed by atoms with Gasteiger partial charge >= 0.3 is 5.97 Å². The van der Waals surface area contributed by atoms with Crippen molar-refractivity contribution in [2.24, 2.45) is 11.3 Å². The van der Waals surface area contributed by atoms with Crippen molar-refractivity contribution in [1.29, 1.82) is 5.26 Å². The molecule has 3 aromatic carbocycles. The molecule has 1 heterocycles. The summed E-state index contributed by atoms with van der Waals surface area (Å²) >= 11 is 0. The SMILES string of the molecule is CC(C)(C(=O)N1CCC(CC(=O)OCc2ccccc2)CC1)C(NC(=O)c1ccc(C#N)cc1)c1ccc(F)cc1. The van der Waals surface area contributed by atoms with Crippen LogP contribution in [0.25, 0.3) is 0 Å². The molecule has 1 fully saturated rings. The molecule has 1 atom stereocenters. The van der Waals surface area contributed by atoms with Gasteiger partial charge in [0, 0.05) is 25.1 Å². The predicted octanol–water partition coefficient (Wildman–Crippen LogP) is 5.57. The topological polar surface area (TPSA) is 99.5 Å². The molecule has 41 heavy (non-hydrogen) atoms. The largest absolute Gasteiger partial charge is 0.461 e. The summed E-state index contributed by atoms with van der Waals surface area (Å²) in [7, 11) is 0. The highest BCUT2D eigenvalue weighted by Crippen LogP contribution is 2.37. The summed E-state index contributed by atoms with van der Waals surface area (Å²) in [5.74, 6) is -1.09. The Hall–Kier alpha value is -4.51. The Morgan fingerprint density at radius 3 is 2.24 bits per heavy atom. The molecule has 1 aliphatic heterocycles. The number of benzene rings is 3. The molecule has 4 rings (SSSR count). The van der Waals surface area contributed by atoms with Gasteiger partial charge < -0.3 is 15.0 Å². The Labute approximate surface area is 239 Å². The van der Waals surface area contributed by atoms with E-state index in [1.807, 2.05) is 36.4 Å². The van der Waals surface area contributed by atoms with Crippen molar-refractivity contribution < 1.29 is 23.5 Å². The number of carbonyl (C=O) groups excluding carboxylic acids is 3. The monoisotopic (exact) mass is 555 g/mol. The Bertz CT molecular complexity index is 1390. The number of carbonyl (C=O) groups is 3. The fourth-order valence-corrected chi connectivity index (χ4v) is 5.15. The molecule has 0 aliphatic carbocycles. The Morgan fingerprint density at radius 1 is 1.00 bits per heavy atom. The number of likely N-dealkylation sites (tertiary alicyclic amines) is 1. The molecule has 0 spiro atoms. The molecular formula is C33H34FN3O4. The average Bonchev–Trinajstić information content (AvgIpc) is 2.99. The van der Waals surface area contributed by atoms with Crippen LogP contribution in [0.4, 0.5) is 4.39 Å². The van der Waals surface area contributed by atoms with Crippen molar-refractivity contribution in [2.75, 3.05) is 13.1 Å². The van der Waals surface area contributed by atoms with Gasteiger partial charge in [-0.2, -0.15) is 5.26 Å². The number of ether oxygens (including phenoxy) is 1. The quantitative estimate of drug-likeness (QED) is 0.348. The van der Waals surface area contributed by atoms with Crippen LogP contribution in [0.2, 0.25) is 0 Å². The van der Waals surface area contributed by atoms with E-state index in [0.29, 0.717) is 49.0 Å². The van der Waals surface area contributed by atoms with Crippen LogP contribution in [0.3, 0.4) is 0 Å². The summed E-state index contributed by atoms with van der Waals surface area (Å²) in [5, 5.41) is 12.0. The van der Waals surface area contributed by atoms with Crippen LogP contribution in [0.1, 0.15) is 66.2 Å². The van der Waals surface area contributed by atoms with Crippen molar-refractivity contribution in [3.8, 4) is 6.07 Å². The lowest BCUT2D eigenvalue weighted by atomic mass is 9.78. The highest BCUT2D eigenvalue weighted by molar-refractivity contribution is 5.95. The van der Waals surface area contributed by atoms with Gasteiger partial charge in [0.25, 0.3) is 5.91 Å². The first-order chi connectivity index (χ1) is 19.7. The van der Waals surface area contributed by atoms with Gasteiger partial charge in [-0.05, 0) is 80.1 Å². The van der Waals surface area contributed by atoms with Crippen LogP contribution in [0.5, 0.6) is 0 Å². The molecule has 0 bridgehead atoms. The van der Waals surface area contributed by atoms with Crippen molar-refractivity contribution in [2.45, 2.75) is 45.8 Å². The summed E-state index contributed by atoms with van der Waals surface area (Å²) in [4.78, 5) is 41.2. The van der Waals surface area contributed by atoms with Gasteiger partial charge in [0.1, 0.15) is 12.4 Å². The molecule has 1 unspecified atom stereocenters. The van der Waals surface area contributed by atoms with Crippen LogP contribution in [-0.4, -0.2) is 35.8 Å². The minimum Gasteiger partial charge on any atom is -0.461 e. The second-order valence-electron chi connectivity index (χ2n) is 11.0. The minimum absolute atomic E-state index is 0.120. The van der Waals surface area contributed by atoms with E-state index >= 15 is 0 Å². The van der Waals surface area contributed by atoms with Crippen LogP contribution in [-0.2, 0) is 20.9 Å². The lowest BCUT2D eigenvalue weighted by Gasteiger charge is -2.40. The third-order valence-electron chi connectivity index (χ3n) is 7.63. The molecule has 8 heteroatoms. The summed E-state index contributed by atoms with van der Waals surface area (Å²) in [5.41, 5.74) is 1.24. The fourth-order valence-electron chi connectivity index (χ4n) is 5.15. The summed E-state index contributed by atoms with van der Waals surface area (Å²) < 4.78 is 19.2. The molecular weight excluding hydrogens is 521 g/mol. The van der Waals surface area contributed by atoms with Crippen LogP contribution in [0.15, 0.2) is 78.9 Å².